The van der Waals surface area contributed by atoms with Crippen LogP contribution in [0.15, 0.2) is 35.4 Å². The van der Waals surface area contributed by atoms with Gasteiger partial charge in [-0.3, -0.25) is 0 Å². The molecule has 1 rings (SSSR count). The lowest BCUT2D eigenvalue weighted by atomic mass is 10.2. The van der Waals surface area contributed by atoms with Gasteiger partial charge in [0, 0.05) is 4.91 Å². The molecule has 0 aliphatic rings. The second-order valence-electron chi connectivity index (χ2n) is 1.87. The van der Waals surface area contributed by atoms with Gasteiger partial charge in [-0.15, -0.1) is 0 Å². The van der Waals surface area contributed by atoms with E-state index in [4.69, 9.17) is 10.3 Å². The molecule has 0 spiro atoms. The Balaban J connectivity index is 0.000000561. The Morgan fingerprint density at radius 2 is 1.92 bits per heavy atom. The van der Waals surface area contributed by atoms with Gasteiger partial charge in [0.2, 0.25) is 0 Å². The highest BCUT2D eigenvalue weighted by molar-refractivity contribution is 5.14. The third-order valence-electron chi connectivity index (χ3n) is 1.16. The number of azide groups is 1. The summed E-state index contributed by atoms with van der Waals surface area (Å²) in [6.45, 7) is 2.44. The van der Waals surface area contributed by atoms with Crippen LogP contribution in [0.5, 0.6) is 0 Å². The van der Waals surface area contributed by atoms with Gasteiger partial charge in [-0.05, 0) is 11.1 Å². The Bertz CT molecular complexity index is 254. The van der Waals surface area contributed by atoms with Gasteiger partial charge < -0.3 is 4.79 Å². The SMILES string of the molecule is C=O.[N-]=[N+]=NCc1ccccc1. The van der Waals surface area contributed by atoms with Crippen LogP contribution in [-0.4, -0.2) is 6.79 Å². The molecule has 0 atom stereocenters. The number of hydrogen-bond donors (Lipinski definition) is 0. The van der Waals surface area contributed by atoms with Gasteiger partial charge in [0.05, 0.1) is 6.54 Å². The van der Waals surface area contributed by atoms with E-state index >= 15 is 0 Å². The standard InChI is InChI=1S/C7H7N3.CH2O/c8-10-9-6-7-4-2-1-3-5-7;1-2/h1-5H,6H2;1H2. The highest BCUT2D eigenvalue weighted by atomic mass is 16.1. The number of carbonyl (C=O) groups is 1. The Morgan fingerprint density at radius 1 is 1.33 bits per heavy atom. The van der Waals surface area contributed by atoms with Gasteiger partial charge in [0.1, 0.15) is 6.79 Å². The zero-order valence-corrected chi connectivity index (χ0v) is 6.55. The Kier molecular flexibility index (Phi) is 6.21. The van der Waals surface area contributed by atoms with Crippen LogP contribution in [0.2, 0.25) is 0 Å². The molecule has 1 aromatic rings. The molecule has 0 amide bonds. The summed E-state index contributed by atoms with van der Waals surface area (Å²) in [6, 6.07) is 9.62. The quantitative estimate of drug-likeness (QED) is 0.374. The molecular formula is C8H9N3O. The maximum absolute atomic E-state index is 8.00. The highest BCUT2D eigenvalue weighted by Gasteiger charge is 1.83. The average Bonchev–Trinajstić information content (AvgIpc) is 2.19. The van der Waals surface area contributed by atoms with E-state index in [-0.39, 0.29) is 0 Å². The first-order valence-electron chi connectivity index (χ1n) is 3.27. The fourth-order valence-electron chi connectivity index (χ4n) is 0.697. The van der Waals surface area contributed by atoms with Gasteiger partial charge >= 0.3 is 0 Å². The van der Waals surface area contributed by atoms with Crippen molar-refractivity contribution in [2.45, 2.75) is 6.54 Å². The van der Waals surface area contributed by atoms with E-state index in [0.717, 1.165) is 5.56 Å². The van der Waals surface area contributed by atoms with E-state index in [0.29, 0.717) is 6.54 Å². The van der Waals surface area contributed by atoms with Crippen LogP contribution < -0.4 is 0 Å². The van der Waals surface area contributed by atoms with E-state index in [1.54, 1.807) is 0 Å². The van der Waals surface area contributed by atoms with Crippen molar-refractivity contribution >= 4 is 6.79 Å². The van der Waals surface area contributed by atoms with E-state index < -0.39 is 0 Å². The van der Waals surface area contributed by atoms with Gasteiger partial charge in [-0.2, -0.15) is 0 Å². The summed E-state index contributed by atoms with van der Waals surface area (Å²) < 4.78 is 0. The number of hydrogen-bond acceptors (Lipinski definition) is 2. The number of rotatable bonds is 2. The maximum atomic E-state index is 8.00. The minimum Gasteiger partial charge on any atom is -0.307 e. The molecule has 0 radical (unpaired) electrons. The first-order valence-corrected chi connectivity index (χ1v) is 3.27. The van der Waals surface area contributed by atoms with Gasteiger partial charge in [-0.25, -0.2) is 0 Å². The van der Waals surface area contributed by atoms with Gasteiger partial charge in [-0.1, -0.05) is 35.4 Å². The topological polar surface area (TPSA) is 65.8 Å². The second-order valence-corrected chi connectivity index (χ2v) is 1.87. The molecule has 0 fully saturated rings. The molecule has 4 nitrogen and oxygen atoms in total. The fraction of sp³-hybridized carbons (Fsp3) is 0.125. The highest BCUT2D eigenvalue weighted by Crippen LogP contribution is 1.99. The van der Waals surface area contributed by atoms with Crippen LogP contribution in [0.4, 0.5) is 0 Å². The number of carbonyl (C=O) groups excluding carboxylic acids is 1. The lowest BCUT2D eigenvalue weighted by Gasteiger charge is -1.90. The van der Waals surface area contributed by atoms with Crippen LogP contribution in [0.1, 0.15) is 5.56 Å². The molecular weight excluding hydrogens is 154 g/mol. The molecule has 0 aliphatic heterocycles. The van der Waals surface area contributed by atoms with E-state index in [1.165, 1.54) is 0 Å². The van der Waals surface area contributed by atoms with Crippen LogP contribution in [-0.2, 0) is 11.3 Å². The molecule has 0 saturated carbocycles. The predicted molar refractivity (Wildman–Crippen MR) is 46.4 cm³/mol. The number of nitrogens with zero attached hydrogens (tertiary/aromatic N) is 3. The molecule has 12 heavy (non-hydrogen) atoms. The molecule has 0 bridgehead atoms. The van der Waals surface area contributed by atoms with Crippen molar-refractivity contribution in [2.24, 2.45) is 5.11 Å². The summed E-state index contributed by atoms with van der Waals surface area (Å²) in [5.41, 5.74) is 9.03. The Hall–Kier alpha value is -1.80. The lowest BCUT2D eigenvalue weighted by Crippen LogP contribution is -1.75. The van der Waals surface area contributed by atoms with Crippen molar-refractivity contribution in [3.05, 3.63) is 46.3 Å². The minimum atomic E-state index is 0.442. The van der Waals surface area contributed by atoms with E-state index in [9.17, 15) is 0 Å². The summed E-state index contributed by atoms with van der Waals surface area (Å²) in [5.74, 6) is 0. The lowest BCUT2D eigenvalue weighted by molar-refractivity contribution is -0.0979. The second kappa shape index (κ2) is 7.31. The van der Waals surface area contributed by atoms with Crippen LogP contribution in [0, 0.1) is 0 Å². The van der Waals surface area contributed by atoms with Gasteiger partial charge in [0.25, 0.3) is 0 Å². The molecule has 1 aromatic carbocycles. The van der Waals surface area contributed by atoms with Crippen molar-refractivity contribution in [1.29, 1.82) is 0 Å². The summed E-state index contributed by atoms with van der Waals surface area (Å²) in [6.07, 6.45) is 0. The van der Waals surface area contributed by atoms with Crippen molar-refractivity contribution in [1.82, 2.24) is 0 Å². The molecule has 0 N–H and O–H groups in total. The zero-order chi connectivity index (χ0) is 9.23. The third-order valence-corrected chi connectivity index (χ3v) is 1.16. The normalized spacial score (nSPS) is 7.33. The molecule has 0 aliphatic carbocycles. The van der Waals surface area contributed by atoms with Crippen molar-refractivity contribution < 1.29 is 4.79 Å². The molecule has 0 saturated heterocycles. The summed E-state index contributed by atoms with van der Waals surface area (Å²) >= 11 is 0. The third kappa shape index (κ3) is 4.09. The Labute approximate surface area is 70.5 Å². The van der Waals surface area contributed by atoms with Crippen molar-refractivity contribution in [3.63, 3.8) is 0 Å². The van der Waals surface area contributed by atoms with Gasteiger partial charge in [0.15, 0.2) is 0 Å². The first-order chi connectivity index (χ1) is 5.93. The predicted octanol–water partition coefficient (Wildman–Crippen LogP) is 2.31. The fourth-order valence-corrected chi connectivity index (χ4v) is 0.697. The zero-order valence-electron chi connectivity index (χ0n) is 6.55. The van der Waals surface area contributed by atoms with E-state index in [1.807, 2.05) is 37.1 Å². The van der Waals surface area contributed by atoms with Crippen LogP contribution in [0.25, 0.3) is 10.4 Å². The average molecular weight is 163 g/mol. The smallest absolute Gasteiger partial charge is 0.106 e. The molecule has 0 heterocycles. The van der Waals surface area contributed by atoms with Crippen molar-refractivity contribution in [3.8, 4) is 0 Å². The maximum Gasteiger partial charge on any atom is 0.106 e. The molecule has 4 heteroatoms. The summed E-state index contributed by atoms with van der Waals surface area (Å²) in [4.78, 5) is 10.7. The molecule has 0 unspecified atom stereocenters. The number of benzene rings is 1. The minimum absolute atomic E-state index is 0.442. The van der Waals surface area contributed by atoms with Crippen molar-refractivity contribution in [2.75, 3.05) is 0 Å². The summed E-state index contributed by atoms with van der Waals surface area (Å²) in [7, 11) is 0. The van der Waals surface area contributed by atoms with E-state index in [2.05, 4.69) is 10.0 Å². The monoisotopic (exact) mass is 163 g/mol. The molecule has 62 valence electrons. The largest absolute Gasteiger partial charge is 0.307 e. The first kappa shape index (κ1) is 10.2. The molecule has 0 aromatic heterocycles. The van der Waals surface area contributed by atoms with Crippen LogP contribution >= 0.6 is 0 Å². The summed E-state index contributed by atoms with van der Waals surface area (Å²) in [5, 5.41) is 3.42. The Morgan fingerprint density at radius 3 is 2.42 bits per heavy atom. The van der Waals surface area contributed by atoms with Crippen LogP contribution in [0.3, 0.4) is 0 Å².